The van der Waals surface area contributed by atoms with Gasteiger partial charge in [0.15, 0.2) is 0 Å². The molecule has 0 aliphatic rings. The maximum absolute atomic E-state index is 10.6. The van der Waals surface area contributed by atoms with Crippen LogP contribution in [0, 0.1) is 5.41 Å². The van der Waals surface area contributed by atoms with Crippen LogP contribution in [0.2, 0.25) is 0 Å². The predicted molar refractivity (Wildman–Crippen MR) is 31.1 cm³/mol. The van der Waals surface area contributed by atoms with E-state index in [0.717, 1.165) is 0 Å². The molecule has 3 heteroatoms. The quantitative estimate of drug-likeness (QED) is 0.393. The Morgan fingerprint density at radius 2 is 1.89 bits per heavy atom. The van der Waals surface area contributed by atoms with E-state index in [4.69, 9.17) is 0 Å². The molecule has 53 valence electrons. The third-order valence-corrected chi connectivity index (χ3v) is 0.802. The van der Waals surface area contributed by atoms with Crippen LogP contribution in [0.1, 0.15) is 20.8 Å². The number of carbonyl (C=O) groups excluding carboxylic acids is 1. The fourth-order valence-electron chi connectivity index (χ4n) is 0.270. The molecule has 0 aromatic carbocycles. The van der Waals surface area contributed by atoms with E-state index in [1.165, 1.54) is 0 Å². The van der Waals surface area contributed by atoms with Crippen LogP contribution >= 0.6 is 0 Å². The summed E-state index contributed by atoms with van der Waals surface area (Å²) in [7, 11) is 0. The van der Waals surface area contributed by atoms with E-state index in [2.05, 4.69) is 4.74 Å². The SMILES string of the molecule is CC(C)(C)C(=O)OC[O]. The standard InChI is InChI=1S/C6H11O3/c1-6(2,3)5(8)9-4-7/h4H2,1-3H3. The Morgan fingerprint density at radius 1 is 1.44 bits per heavy atom. The summed E-state index contributed by atoms with van der Waals surface area (Å²) in [5.41, 5.74) is -0.551. The van der Waals surface area contributed by atoms with Crippen molar-refractivity contribution in [3.05, 3.63) is 0 Å². The number of hydrogen-bond acceptors (Lipinski definition) is 2. The number of esters is 1. The molecule has 0 unspecified atom stereocenters. The Balaban J connectivity index is 3.74. The summed E-state index contributed by atoms with van der Waals surface area (Å²) < 4.78 is 4.21. The molecule has 0 aliphatic heterocycles. The lowest BCUT2D eigenvalue weighted by molar-refractivity contribution is -0.165. The van der Waals surface area contributed by atoms with Gasteiger partial charge in [0.1, 0.15) is 0 Å². The minimum atomic E-state index is -0.782. The van der Waals surface area contributed by atoms with Crippen molar-refractivity contribution in [2.45, 2.75) is 20.8 Å². The Hall–Kier alpha value is -0.570. The summed E-state index contributed by atoms with van der Waals surface area (Å²) in [5, 5.41) is 9.74. The van der Waals surface area contributed by atoms with Gasteiger partial charge in [-0.3, -0.25) is 4.79 Å². The van der Waals surface area contributed by atoms with Gasteiger partial charge in [0.2, 0.25) is 6.79 Å². The first-order chi connectivity index (χ1) is 3.98. The number of rotatable bonds is 1. The highest BCUT2D eigenvalue weighted by molar-refractivity contribution is 5.75. The topological polar surface area (TPSA) is 46.2 Å². The second-order valence-electron chi connectivity index (χ2n) is 2.80. The molecule has 0 amide bonds. The second-order valence-corrected chi connectivity index (χ2v) is 2.80. The van der Waals surface area contributed by atoms with Gasteiger partial charge in [-0.2, -0.15) is 5.11 Å². The first-order valence-corrected chi connectivity index (χ1v) is 2.74. The zero-order valence-electron chi connectivity index (χ0n) is 5.93. The van der Waals surface area contributed by atoms with Crippen LogP contribution in [0.15, 0.2) is 0 Å². The Labute approximate surface area is 54.6 Å². The van der Waals surface area contributed by atoms with Crippen molar-refractivity contribution in [2.75, 3.05) is 6.79 Å². The van der Waals surface area contributed by atoms with Crippen molar-refractivity contribution in [2.24, 2.45) is 5.41 Å². The smallest absolute Gasteiger partial charge is 0.313 e. The monoisotopic (exact) mass is 131 g/mol. The molecule has 0 rings (SSSR count). The molecular weight excluding hydrogens is 120 g/mol. The highest BCUT2D eigenvalue weighted by Gasteiger charge is 2.22. The maximum atomic E-state index is 10.6. The van der Waals surface area contributed by atoms with Crippen LogP contribution in [0.5, 0.6) is 0 Å². The highest BCUT2D eigenvalue weighted by atomic mass is 16.6. The molecule has 0 atom stereocenters. The van der Waals surface area contributed by atoms with Crippen LogP contribution < -0.4 is 0 Å². The van der Waals surface area contributed by atoms with Gasteiger partial charge in [-0.1, -0.05) is 0 Å². The van der Waals surface area contributed by atoms with E-state index in [1.807, 2.05) is 0 Å². The molecule has 0 aromatic heterocycles. The molecule has 0 bridgehead atoms. The van der Waals surface area contributed by atoms with Crippen molar-refractivity contribution >= 4 is 5.97 Å². The van der Waals surface area contributed by atoms with Crippen molar-refractivity contribution in [3.8, 4) is 0 Å². The summed E-state index contributed by atoms with van der Waals surface area (Å²) in [5.74, 6) is -0.447. The van der Waals surface area contributed by atoms with E-state index >= 15 is 0 Å². The van der Waals surface area contributed by atoms with Crippen molar-refractivity contribution in [1.82, 2.24) is 0 Å². The van der Waals surface area contributed by atoms with Gasteiger partial charge in [-0.05, 0) is 20.8 Å². The molecule has 0 spiro atoms. The van der Waals surface area contributed by atoms with Crippen molar-refractivity contribution in [1.29, 1.82) is 0 Å². The molecule has 0 aromatic rings. The molecular formula is C6H11O3. The molecule has 0 fully saturated rings. The molecule has 0 heterocycles. The molecule has 0 N–H and O–H groups in total. The summed E-state index contributed by atoms with van der Waals surface area (Å²) in [6.45, 7) is 4.32. The van der Waals surface area contributed by atoms with E-state index in [0.29, 0.717) is 0 Å². The molecule has 0 saturated heterocycles. The normalized spacial score (nSPS) is 11.1. The number of carbonyl (C=O) groups is 1. The average molecular weight is 131 g/mol. The molecule has 1 radical (unpaired) electrons. The fraction of sp³-hybridized carbons (Fsp3) is 0.833. The van der Waals surface area contributed by atoms with E-state index in [9.17, 15) is 9.90 Å². The lowest BCUT2D eigenvalue weighted by Gasteiger charge is -2.13. The van der Waals surface area contributed by atoms with Crippen molar-refractivity contribution < 1.29 is 14.6 Å². The molecule has 9 heavy (non-hydrogen) atoms. The number of ether oxygens (including phenoxy) is 1. The van der Waals surface area contributed by atoms with Crippen LogP contribution in [0.4, 0.5) is 0 Å². The Bertz CT molecular complexity index is 101. The van der Waals surface area contributed by atoms with E-state index < -0.39 is 18.2 Å². The minimum absolute atomic E-state index is 0.447. The summed E-state index contributed by atoms with van der Waals surface area (Å²) in [6, 6.07) is 0. The highest BCUT2D eigenvalue weighted by Crippen LogP contribution is 2.14. The van der Waals surface area contributed by atoms with Crippen LogP contribution in [0.25, 0.3) is 0 Å². The molecule has 0 aliphatic carbocycles. The predicted octanol–water partition coefficient (Wildman–Crippen LogP) is 0.964. The van der Waals surface area contributed by atoms with Crippen LogP contribution in [-0.4, -0.2) is 12.8 Å². The summed E-state index contributed by atoms with van der Waals surface area (Å²) >= 11 is 0. The fourth-order valence-corrected chi connectivity index (χ4v) is 0.270. The van der Waals surface area contributed by atoms with Gasteiger partial charge >= 0.3 is 5.97 Å². The van der Waals surface area contributed by atoms with Gasteiger partial charge in [-0.25, -0.2) is 0 Å². The maximum Gasteiger partial charge on any atom is 0.313 e. The van der Waals surface area contributed by atoms with Crippen LogP contribution in [-0.2, 0) is 14.6 Å². The number of hydrogen-bond donors (Lipinski definition) is 0. The third-order valence-electron chi connectivity index (χ3n) is 0.802. The first-order valence-electron chi connectivity index (χ1n) is 2.74. The van der Waals surface area contributed by atoms with Crippen LogP contribution in [0.3, 0.4) is 0 Å². The van der Waals surface area contributed by atoms with Crippen molar-refractivity contribution in [3.63, 3.8) is 0 Å². The van der Waals surface area contributed by atoms with Gasteiger partial charge in [-0.15, -0.1) is 0 Å². The lowest BCUT2D eigenvalue weighted by Crippen LogP contribution is -2.22. The minimum Gasteiger partial charge on any atom is -0.435 e. The van der Waals surface area contributed by atoms with E-state index in [-0.39, 0.29) is 0 Å². The Morgan fingerprint density at radius 3 is 2.00 bits per heavy atom. The average Bonchev–Trinajstić information content (AvgIpc) is 1.64. The Kier molecular flexibility index (Phi) is 2.65. The van der Waals surface area contributed by atoms with Gasteiger partial charge in [0, 0.05) is 0 Å². The zero-order valence-corrected chi connectivity index (χ0v) is 5.93. The van der Waals surface area contributed by atoms with Gasteiger partial charge in [0.05, 0.1) is 5.41 Å². The van der Waals surface area contributed by atoms with Gasteiger partial charge < -0.3 is 4.74 Å². The largest absolute Gasteiger partial charge is 0.435 e. The molecule has 0 saturated carbocycles. The summed E-state index contributed by atoms with van der Waals surface area (Å²) in [6.07, 6.45) is 0. The third kappa shape index (κ3) is 3.08. The van der Waals surface area contributed by atoms with E-state index in [1.54, 1.807) is 20.8 Å². The van der Waals surface area contributed by atoms with Gasteiger partial charge in [0.25, 0.3) is 0 Å². The summed E-state index contributed by atoms with van der Waals surface area (Å²) in [4.78, 5) is 10.6. The molecule has 3 nitrogen and oxygen atoms in total. The lowest BCUT2D eigenvalue weighted by atomic mass is 9.98. The second kappa shape index (κ2) is 2.82. The first kappa shape index (κ1) is 8.43. The zero-order chi connectivity index (χ0) is 7.49.